The van der Waals surface area contributed by atoms with E-state index >= 15 is 0 Å². The quantitative estimate of drug-likeness (QED) is 0.597. The maximum atomic E-state index is 14.3. The van der Waals surface area contributed by atoms with Crippen LogP contribution < -0.4 is 9.04 Å². The summed E-state index contributed by atoms with van der Waals surface area (Å²) in [6.07, 6.45) is 0.675. The van der Waals surface area contributed by atoms with Gasteiger partial charge in [0.2, 0.25) is 0 Å². The van der Waals surface area contributed by atoms with Crippen LogP contribution in [-0.2, 0) is 16.4 Å². The van der Waals surface area contributed by atoms with Gasteiger partial charge in [0.25, 0.3) is 15.7 Å². The van der Waals surface area contributed by atoms with Crippen LogP contribution in [-0.4, -0.2) is 27.0 Å². The van der Waals surface area contributed by atoms with Gasteiger partial charge in [-0.05, 0) is 30.5 Å². The second kappa shape index (κ2) is 6.52. The average Bonchev–Trinajstić information content (AvgIpc) is 2.60. The molecule has 138 valence electrons. The van der Waals surface area contributed by atoms with Crippen molar-refractivity contribution in [1.29, 1.82) is 0 Å². The van der Waals surface area contributed by atoms with Gasteiger partial charge in [-0.1, -0.05) is 0 Å². The van der Waals surface area contributed by atoms with E-state index < -0.39 is 37.2 Å². The first-order chi connectivity index (χ1) is 12.3. The molecule has 0 atom stereocenters. The number of halogens is 2. The van der Waals surface area contributed by atoms with Crippen LogP contribution in [0.15, 0.2) is 35.2 Å². The molecule has 2 aromatic rings. The van der Waals surface area contributed by atoms with Gasteiger partial charge in [0.05, 0.1) is 17.7 Å². The van der Waals surface area contributed by atoms with Crippen LogP contribution in [0.25, 0.3) is 0 Å². The lowest BCUT2D eigenvalue weighted by molar-refractivity contribution is -0.385. The van der Waals surface area contributed by atoms with Gasteiger partial charge in [0, 0.05) is 24.7 Å². The molecule has 0 aliphatic carbocycles. The molecule has 3 rings (SSSR count). The molecule has 0 aromatic heterocycles. The number of aryl methyl sites for hydroxylation is 1. The maximum Gasteiger partial charge on any atom is 0.271 e. The smallest absolute Gasteiger partial charge is 0.271 e. The molecule has 7 nitrogen and oxygen atoms in total. The van der Waals surface area contributed by atoms with Gasteiger partial charge in [-0.2, -0.15) is 0 Å². The van der Waals surface area contributed by atoms with Crippen molar-refractivity contribution in [2.45, 2.75) is 17.7 Å². The summed E-state index contributed by atoms with van der Waals surface area (Å²) in [5, 5.41) is 11.0. The van der Waals surface area contributed by atoms with Crippen molar-refractivity contribution >= 4 is 21.4 Å². The molecule has 0 amide bonds. The number of rotatable bonds is 4. The zero-order chi connectivity index (χ0) is 19.1. The van der Waals surface area contributed by atoms with Crippen molar-refractivity contribution in [1.82, 2.24) is 0 Å². The van der Waals surface area contributed by atoms with Crippen molar-refractivity contribution in [2.24, 2.45) is 0 Å². The second-order valence-electron chi connectivity index (χ2n) is 5.67. The number of anilines is 1. The van der Waals surface area contributed by atoms with Crippen LogP contribution in [0.2, 0.25) is 0 Å². The number of fused-ring (bicyclic) bond motifs is 1. The summed E-state index contributed by atoms with van der Waals surface area (Å²) in [7, 11) is -3.15. The highest BCUT2D eigenvalue weighted by atomic mass is 32.2. The van der Waals surface area contributed by atoms with E-state index in [0.29, 0.717) is 18.9 Å². The molecular formula is C16H14F2N2O5S. The molecule has 0 radical (unpaired) electrons. The Kier molecular flexibility index (Phi) is 4.53. The van der Waals surface area contributed by atoms with E-state index in [2.05, 4.69) is 0 Å². The van der Waals surface area contributed by atoms with E-state index in [-0.39, 0.29) is 23.5 Å². The number of hydrogen-bond acceptors (Lipinski definition) is 5. The first kappa shape index (κ1) is 18.1. The van der Waals surface area contributed by atoms with Crippen LogP contribution >= 0.6 is 0 Å². The van der Waals surface area contributed by atoms with Crippen LogP contribution in [0, 0.1) is 21.7 Å². The highest BCUT2D eigenvalue weighted by Gasteiger charge is 2.35. The molecule has 0 unspecified atom stereocenters. The van der Waals surface area contributed by atoms with Crippen LogP contribution in [0.4, 0.5) is 20.2 Å². The van der Waals surface area contributed by atoms with E-state index in [1.54, 1.807) is 0 Å². The summed E-state index contributed by atoms with van der Waals surface area (Å²) in [6.45, 7) is -0.0380. The van der Waals surface area contributed by atoms with E-state index in [9.17, 15) is 27.3 Å². The lowest BCUT2D eigenvalue weighted by Crippen LogP contribution is -2.36. The van der Waals surface area contributed by atoms with E-state index in [0.717, 1.165) is 28.6 Å². The number of nitro groups is 1. The first-order valence-corrected chi connectivity index (χ1v) is 9.03. The molecule has 0 spiro atoms. The van der Waals surface area contributed by atoms with Crippen molar-refractivity contribution in [3.63, 3.8) is 0 Å². The number of hydrogen-bond donors (Lipinski definition) is 0. The monoisotopic (exact) mass is 384 g/mol. The molecule has 10 heteroatoms. The third-order valence-electron chi connectivity index (χ3n) is 4.09. The Morgan fingerprint density at radius 1 is 1.23 bits per heavy atom. The Hall–Kier alpha value is -2.75. The molecule has 26 heavy (non-hydrogen) atoms. The number of sulfonamides is 1. The fraction of sp³-hybridized carbons (Fsp3) is 0.250. The molecular weight excluding hydrogens is 370 g/mol. The lowest BCUT2D eigenvalue weighted by Gasteiger charge is -2.31. The summed E-state index contributed by atoms with van der Waals surface area (Å²) in [6, 6.07) is 4.83. The predicted molar refractivity (Wildman–Crippen MR) is 88.9 cm³/mol. The SMILES string of the molecule is COc1ccc([N+](=O)[O-])cc1S(=O)(=O)N1CCCc2cc(F)cc(F)c21. The van der Waals surface area contributed by atoms with Gasteiger partial charge in [-0.15, -0.1) is 0 Å². The summed E-state index contributed by atoms with van der Waals surface area (Å²) in [5.41, 5.74) is -0.464. The summed E-state index contributed by atoms with van der Waals surface area (Å²) >= 11 is 0. The van der Waals surface area contributed by atoms with Gasteiger partial charge in [-0.3, -0.25) is 14.4 Å². The Labute approximate surface area is 148 Å². The van der Waals surface area contributed by atoms with E-state index in [1.165, 1.54) is 7.11 Å². The normalized spacial score (nSPS) is 14.0. The first-order valence-electron chi connectivity index (χ1n) is 7.59. The highest BCUT2D eigenvalue weighted by molar-refractivity contribution is 7.93. The maximum absolute atomic E-state index is 14.3. The molecule has 1 heterocycles. The third kappa shape index (κ3) is 2.96. The van der Waals surface area contributed by atoms with Gasteiger partial charge >= 0.3 is 0 Å². The van der Waals surface area contributed by atoms with Gasteiger partial charge in [0.15, 0.2) is 5.82 Å². The topological polar surface area (TPSA) is 89.7 Å². The minimum Gasteiger partial charge on any atom is -0.495 e. The van der Waals surface area contributed by atoms with Crippen LogP contribution in [0.5, 0.6) is 5.75 Å². The third-order valence-corrected chi connectivity index (χ3v) is 5.91. The molecule has 0 saturated heterocycles. The fourth-order valence-corrected chi connectivity index (χ4v) is 4.68. The van der Waals surface area contributed by atoms with E-state index in [1.807, 2.05) is 0 Å². The Morgan fingerprint density at radius 2 is 1.96 bits per heavy atom. The molecule has 0 N–H and O–H groups in total. The number of non-ortho nitro benzene ring substituents is 1. The summed E-state index contributed by atoms with van der Waals surface area (Å²) in [5.74, 6) is -1.91. The molecule has 1 aliphatic rings. The summed E-state index contributed by atoms with van der Waals surface area (Å²) < 4.78 is 59.8. The number of methoxy groups -OCH3 is 1. The minimum atomic E-state index is -4.37. The van der Waals surface area contributed by atoms with Crippen LogP contribution in [0.1, 0.15) is 12.0 Å². The molecule has 0 saturated carbocycles. The Morgan fingerprint density at radius 3 is 2.62 bits per heavy atom. The number of benzene rings is 2. The van der Waals surface area contributed by atoms with Gasteiger partial charge in [0.1, 0.15) is 16.5 Å². The van der Waals surface area contributed by atoms with Crippen molar-refractivity contribution in [2.75, 3.05) is 18.0 Å². The summed E-state index contributed by atoms with van der Waals surface area (Å²) in [4.78, 5) is 9.81. The van der Waals surface area contributed by atoms with Gasteiger partial charge < -0.3 is 4.74 Å². The van der Waals surface area contributed by atoms with E-state index in [4.69, 9.17) is 4.74 Å². The predicted octanol–water partition coefficient (Wildman–Crippen LogP) is 3.02. The minimum absolute atomic E-state index is 0.0380. The molecule has 0 bridgehead atoms. The van der Waals surface area contributed by atoms with Crippen molar-refractivity contribution in [3.8, 4) is 5.75 Å². The van der Waals surface area contributed by atoms with Crippen molar-refractivity contribution < 1.29 is 26.9 Å². The zero-order valence-electron chi connectivity index (χ0n) is 13.6. The molecule has 2 aromatic carbocycles. The zero-order valence-corrected chi connectivity index (χ0v) is 14.4. The number of nitro benzene ring substituents is 1. The number of ether oxygens (including phenoxy) is 1. The Bertz CT molecular complexity index is 994. The van der Waals surface area contributed by atoms with Gasteiger partial charge in [-0.25, -0.2) is 17.2 Å². The highest BCUT2D eigenvalue weighted by Crippen LogP contribution is 2.38. The fourth-order valence-electron chi connectivity index (χ4n) is 2.95. The largest absolute Gasteiger partial charge is 0.495 e. The molecule has 1 aliphatic heterocycles. The van der Waals surface area contributed by atoms with Crippen molar-refractivity contribution in [3.05, 3.63) is 57.6 Å². The number of nitrogens with zero attached hydrogens (tertiary/aromatic N) is 2. The average molecular weight is 384 g/mol. The Balaban J connectivity index is 2.20. The lowest BCUT2D eigenvalue weighted by atomic mass is 10.0. The molecule has 0 fully saturated rings. The standard InChI is InChI=1S/C16H14F2N2O5S/c1-25-14-5-4-12(20(21)22)9-15(14)26(23,24)19-6-2-3-10-7-11(17)8-13(18)16(10)19/h4-5,7-9H,2-3,6H2,1H3. The van der Waals surface area contributed by atoms with Crippen LogP contribution in [0.3, 0.4) is 0 Å². The second-order valence-corrected chi connectivity index (χ2v) is 7.50.